The number of hydrogen-bond donors (Lipinski definition) is 1. The fourth-order valence-corrected chi connectivity index (χ4v) is 6.88. The zero-order valence-electron chi connectivity index (χ0n) is 21.3. The minimum Gasteiger partial charge on any atom is -0.504 e. The van der Waals surface area contributed by atoms with Crippen LogP contribution in [0.4, 0.5) is 0 Å². The first kappa shape index (κ1) is 22.7. The Kier molecular flexibility index (Phi) is 5.39. The third kappa shape index (κ3) is 3.69. The Morgan fingerprint density at radius 3 is 2.59 bits per heavy atom. The summed E-state index contributed by atoms with van der Waals surface area (Å²) in [5, 5.41) is 17.6. The van der Waals surface area contributed by atoms with Gasteiger partial charge in [0.2, 0.25) is 5.72 Å². The molecule has 3 aliphatic heterocycles. The van der Waals surface area contributed by atoms with Gasteiger partial charge in [-0.3, -0.25) is 4.90 Å². The van der Waals surface area contributed by atoms with E-state index in [-0.39, 0.29) is 11.8 Å². The average Bonchev–Trinajstić information content (AvgIpc) is 3.41. The highest BCUT2D eigenvalue weighted by atomic mass is 16.5. The van der Waals surface area contributed by atoms with Gasteiger partial charge in [-0.2, -0.15) is 5.10 Å². The Morgan fingerprint density at radius 2 is 1.76 bits per heavy atom. The number of rotatable bonds is 3. The van der Waals surface area contributed by atoms with Crippen LogP contribution in [-0.2, 0) is 6.42 Å². The zero-order chi connectivity index (χ0) is 25.0. The lowest BCUT2D eigenvalue weighted by atomic mass is 9.84. The number of phenols is 1. The third-order valence-electron chi connectivity index (χ3n) is 8.78. The number of aryl methyl sites for hydroxylation is 1. The van der Waals surface area contributed by atoms with Crippen molar-refractivity contribution in [1.29, 1.82) is 0 Å². The number of ether oxygens (including phenoxy) is 2. The number of phenolic OH excluding ortho intramolecular Hbond substituents is 1. The molecule has 7 rings (SSSR count). The molecule has 1 saturated heterocycles. The molecule has 0 amide bonds. The molecule has 190 valence electrons. The van der Waals surface area contributed by atoms with Gasteiger partial charge in [0.1, 0.15) is 5.75 Å². The summed E-state index contributed by atoms with van der Waals surface area (Å²) in [4.78, 5) is 2.67. The SMILES string of the molecule is COc1cc(C2=NN3[C@H](C2)c2ccccc2OC32CCN([C@@H]3CCCc4ccccc43)CC2)ccc1O. The van der Waals surface area contributed by atoms with Crippen LogP contribution in [-0.4, -0.2) is 46.7 Å². The monoisotopic (exact) mass is 495 g/mol. The number of fused-ring (bicyclic) bond motifs is 5. The van der Waals surface area contributed by atoms with Crippen LogP contribution in [0.25, 0.3) is 0 Å². The third-order valence-corrected chi connectivity index (χ3v) is 8.78. The molecule has 0 saturated carbocycles. The minimum atomic E-state index is -0.452. The maximum atomic E-state index is 10.1. The van der Waals surface area contributed by atoms with Crippen molar-refractivity contribution in [1.82, 2.24) is 9.91 Å². The number of nitrogens with zero attached hydrogens (tertiary/aromatic N) is 3. The summed E-state index contributed by atoms with van der Waals surface area (Å²) in [6.07, 6.45) is 6.30. The van der Waals surface area contributed by atoms with Crippen LogP contribution in [0.5, 0.6) is 17.2 Å². The number of piperidine rings is 1. The number of hydrogen-bond acceptors (Lipinski definition) is 6. The molecule has 0 unspecified atom stereocenters. The fourth-order valence-electron chi connectivity index (χ4n) is 6.88. The van der Waals surface area contributed by atoms with Crippen molar-refractivity contribution in [3.63, 3.8) is 0 Å². The van der Waals surface area contributed by atoms with Gasteiger partial charge in [-0.1, -0.05) is 42.5 Å². The molecular formula is C31H33N3O3. The summed E-state index contributed by atoms with van der Waals surface area (Å²) in [5.74, 6) is 1.60. The molecule has 4 aliphatic rings. The van der Waals surface area contributed by atoms with Gasteiger partial charge in [0, 0.05) is 49.5 Å². The largest absolute Gasteiger partial charge is 0.504 e. The fraction of sp³-hybridized carbons (Fsp3) is 0.387. The summed E-state index contributed by atoms with van der Waals surface area (Å²) >= 11 is 0. The first-order valence-electron chi connectivity index (χ1n) is 13.5. The highest BCUT2D eigenvalue weighted by molar-refractivity contribution is 6.02. The van der Waals surface area contributed by atoms with E-state index < -0.39 is 5.72 Å². The van der Waals surface area contributed by atoms with Gasteiger partial charge in [-0.15, -0.1) is 0 Å². The lowest BCUT2D eigenvalue weighted by Gasteiger charge is -2.52. The second kappa shape index (κ2) is 8.80. The molecule has 1 N–H and O–H groups in total. The summed E-state index contributed by atoms with van der Waals surface area (Å²) in [6.45, 7) is 1.98. The average molecular weight is 496 g/mol. The Hall–Kier alpha value is -3.51. The van der Waals surface area contributed by atoms with E-state index in [1.54, 1.807) is 13.2 Å². The van der Waals surface area contributed by atoms with Crippen LogP contribution < -0.4 is 9.47 Å². The predicted octanol–water partition coefficient (Wildman–Crippen LogP) is 5.81. The molecule has 3 aromatic carbocycles. The molecule has 1 aliphatic carbocycles. The van der Waals surface area contributed by atoms with Crippen LogP contribution in [0, 0.1) is 0 Å². The first-order chi connectivity index (χ1) is 18.1. The van der Waals surface area contributed by atoms with Crippen molar-refractivity contribution in [3.8, 4) is 17.2 Å². The van der Waals surface area contributed by atoms with Gasteiger partial charge in [-0.05, 0) is 54.7 Å². The number of benzene rings is 3. The number of aromatic hydroxyl groups is 1. The molecule has 37 heavy (non-hydrogen) atoms. The van der Waals surface area contributed by atoms with Crippen molar-refractivity contribution in [3.05, 3.63) is 89.0 Å². The molecule has 6 heteroatoms. The highest BCUT2D eigenvalue weighted by Gasteiger charge is 2.52. The Morgan fingerprint density at radius 1 is 0.973 bits per heavy atom. The summed E-state index contributed by atoms with van der Waals surface area (Å²) < 4.78 is 12.2. The number of methoxy groups -OCH3 is 1. The second-order valence-electron chi connectivity index (χ2n) is 10.7. The van der Waals surface area contributed by atoms with Crippen molar-refractivity contribution in [2.75, 3.05) is 20.2 Å². The van der Waals surface area contributed by atoms with Gasteiger partial charge in [-0.25, -0.2) is 5.01 Å². The number of hydrazone groups is 1. The molecule has 1 spiro atoms. The van der Waals surface area contributed by atoms with Crippen LogP contribution >= 0.6 is 0 Å². The molecular weight excluding hydrogens is 462 g/mol. The number of likely N-dealkylation sites (tertiary alicyclic amines) is 1. The van der Waals surface area contributed by atoms with E-state index in [4.69, 9.17) is 14.6 Å². The summed E-state index contributed by atoms with van der Waals surface area (Å²) in [5.41, 5.74) is 5.76. The lowest BCUT2D eigenvalue weighted by molar-refractivity contribution is -0.153. The van der Waals surface area contributed by atoms with Gasteiger partial charge in [0.15, 0.2) is 11.5 Å². The molecule has 0 radical (unpaired) electrons. The topological polar surface area (TPSA) is 57.5 Å². The Bertz CT molecular complexity index is 1360. The van der Waals surface area contributed by atoms with E-state index in [0.717, 1.165) is 49.4 Å². The molecule has 6 nitrogen and oxygen atoms in total. The molecule has 1 fully saturated rings. The lowest BCUT2D eigenvalue weighted by Crippen LogP contribution is -2.59. The molecule has 0 aromatic heterocycles. The molecule has 3 aromatic rings. The summed E-state index contributed by atoms with van der Waals surface area (Å²) in [7, 11) is 1.58. The first-order valence-corrected chi connectivity index (χ1v) is 13.5. The van der Waals surface area contributed by atoms with E-state index in [1.165, 1.54) is 36.0 Å². The maximum absolute atomic E-state index is 10.1. The van der Waals surface area contributed by atoms with Gasteiger partial charge >= 0.3 is 0 Å². The van der Waals surface area contributed by atoms with E-state index >= 15 is 0 Å². The van der Waals surface area contributed by atoms with Crippen molar-refractivity contribution < 1.29 is 14.6 Å². The smallest absolute Gasteiger partial charge is 0.200 e. The van der Waals surface area contributed by atoms with Gasteiger partial charge in [0.25, 0.3) is 0 Å². The van der Waals surface area contributed by atoms with Gasteiger partial charge in [0.05, 0.1) is 18.9 Å². The highest BCUT2D eigenvalue weighted by Crippen LogP contribution is 2.51. The number of para-hydroxylation sites is 1. The van der Waals surface area contributed by atoms with E-state index in [1.807, 2.05) is 12.1 Å². The molecule has 0 bridgehead atoms. The minimum absolute atomic E-state index is 0.140. The zero-order valence-corrected chi connectivity index (χ0v) is 21.3. The predicted molar refractivity (Wildman–Crippen MR) is 143 cm³/mol. The van der Waals surface area contributed by atoms with E-state index in [2.05, 4.69) is 58.4 Å². The normalized spacial score (nSPS) is 24.0. The van der Waals surface area contributed by atoms with Crippen LogP contribution in [0.2, 0.25) is 0 Å². The quantitative estimate of drug-likeness (QED) is 0.497. The second-order valence-corrected chi connectivity index (χ2v) is 10.7. The Balaban J connectivity index is 1.20. The van der Waals surface area contributed by atoms with Crippen molar-refractivity contribution in [2.24, 2.45) is 5.10 Å². The maximum Gasteiger partial charge on any atom is 0.200 e. The van der Waals surface area contributed by atoms with E-state index in [0.29, 0.717) is 11.8 Å². The van der Waals surface area contributed by atoms with Crippen molar-refractivity contribution in [2.45, 2.75) is 56.3 Å². The van der Waals surface area contributed by atoms with Crippen LogP contribution in [0.15, 0.2) is 71.8 Å². The molecule has 3 heterocycles. The Labute approximate surface area is 218 Å². The standard InChI is InChI=1S/C31H33N3O3/c1-36-30-19-22(13-14-28(30)35)25-20-27-24-10-4-5-12-29(24)37-31(34(27)32-25)15-17-33(18-16-31)26-11-6-8-21-7-2-3-9-23(21)26/h2-5,7,9-10,12-14,19,26-27,35H,6,8,11,15-18,20H2,1H3/t26-,27-/m1/s1. The van der Waals surface area contributed by atoms with Crippen LogP contribution in [0.1, 0.15) is 66.4 Å². The van der Waals surface area contributed by atoms with Crippen molar-refractivity contribution >= 4 is 5.71 Å². The van der Waals surface area contributed by atoms with E-state index in [9.17, 15) is 5.11 Å². The molecule has 2 atom stereocenters. The summed E-state index contributed by atoms with van der Waals surface area (Å²) in [6, 6.07) is 23.6. The van der Waals surface area contributed by atoms with Gasteiger partial charge < -0.3 is 14.6 Å². The van der Waals surface area contributed by atoms with Crippen LogP contribution in [0.3, 0.4) is 0 Å².